The third-order valence-electron chi connectivity index (χ3n) is 3.61. The minimum atomic E-state index is -1.13. The quantitative estimate of drug-likeness (QED) is 0.136. The van der Waals surface area contributed by atoms with E-state index in [-0.39, 0.29) is 18.3 Å². The molecule has 0 aromatic carbocycles. The van der Waals surface area contributed by atoms with Crippen molar-refractivity contribution in [1.29, 1.82) is 5.41 Å². The first-order valence-corrected chi connectivity index (χ1v) is 8.27. The van der Waals surface area contributed by atoms with E-state index in [2.05, 4.69) is 16.0 Å². The van der Waals surface area contributed by atoms with E-state index in [1.54, 1.807) is 20.8 Å². The molecule has 0 aromatic heterocycles. The number of hydrogen-bond donors (Lipinski definition) is 7. The van der Waals surface area contributed by atoms with Gasteiger partial charge in [0.15, 0.2) is 5.96 Å². The molecule has 144 valence electrons. The average Bonchev–Trinajstić information content (AvgIpc) is 2.52. The summed E-state index contributed by atoms with van der Waals surface area (Å²) >= 11 is 0. The average molecular weight is 358 g/mol. The van der Waals surface area contributed by atoms with Gasteiger partial charge in [-0.1, -0.05) is 20.8 Å². The lowest BCUT2D eigenvalue weighted by Crippen LogP contribution is -2.56. The zero-order valence-corrected chi connectivity index (χ0v) is 15.0. The van der Waals surface area contributed by atoms with Gasteiger partial charge in [-0.15, -0.1) is 0 Å². The Labute approximate surface area is 147 Å². The van der Waals surface area contributed by atoms with Crippen molar-refractivity contribution in [1.82, 2.24) is 16.0 Å². The molecule has 0 bridgehead atoms. The Balaban J connectivity index is 4.63. The van der Waals surface area contributed by atoms with Crippen LogP contribution in [0.15, 0.2) is 0 Å². The predicted octanol–water partition coefficient (Wildman–Crippen LogP) is -1.30. The predicted molar refractivity (Wildman–Crippen MR) is 93.8 cm³/mol. The molecule has 10 heteroatoms. The largest absolute Gasteiger partial charge is 0.480 e. The van der Waals surface area contributed by atoms with Gasteiger partial charge in [0.2, 0.25) is 11.8 Å². The molecule has 0 rings (SSSR count). The molecule has 0 saturated carbocycles. The fourth-order valence-corrected chi connectivity index (χ4v) is 2.07. The van der Waals surface area contributed by atoms with Crippen molar-refractivity contribution in [3.63, 3.8) is 0 Å². The highest BCUT2D eigenvalue weighted by Crippen LogP contribution is 2.05. The molecule has 0 saturated heterocycles. The van der Waals surface area contributed by atoms with Gasteiger partial charge in [0.1, 0.15) is 12.1 Å². The van der Waals surface area contributed by atoms with E-state index < -0.39 is 35.9 Å². The molecule has 3 atom stereocenters. The van der Waals surface area contributed by atoms with Crippen molar-refractivity contribution in [2.45, 2.75) is 58.2 Å². The van der Waals surface area contributed by atoms with Gasteiger partial charge in [0.05, 0.1) is 6.04 Å². The zero-order valence-electron chi connectivity index (χ0n) is 15.0. The monoisotopic (exact) mass is 358 g/mol. The Morgan fingerprint density at radius 1 is 1.16 bits per heavy atom. The van der Waals surface area contributed by atoms with Gasteiger partial charge < -0.3 is 32.5 Å². The maximum absolute atomic E-state index is 12.3. The maximum atomic E-state index is 12.3. The number of carboxylic acid groups (broad SMARTS) is 1. The molecule has 0 fully saturated rings. The van der Waals surface area contributed by atoms with Gasteiger partial charge >= 0.3 is 5.97 Å². The van der Waals surface area contributed by atoms with Crippen molar-refractivity contribution in [2.75, 3.05) is 6.54 Å². The number of guanidine groups is 1. The topological polar surface area (TPSA) is 183 Å². The second-order valence-electron chi connectivity index (χ2n) is 6.13. The highest BCUT2D eigenvalue weighted by molar-refractivity contribution is 5.91. The van der Waals surface area contributed by atoms with E-state index in [1.807, 2.05) is 0 Å². The summed E-state index contributed by atoms with van der Waals surface area (Å²) in [5.74, 6) is -2.55. The number of nitrogens with one attached hydrogen (secondary N) is 4. The number of rotatable bonds is 11. The van der Waals surface area contributed by atoms with Crippen LogP contribution in [0.4, 0.5) is 0 Å². The maximum Gasteiger partial charge on any atom is 0.326 e. The molecule has 0 aliphatic heterocycles. The van der Waals surface area contributed by atoms with Crippen LogP contribution in [0, 0.1) is 11.3 Å². The molecule has 0 aliphatic rings. The molecular formula is C15H30N6O4. The van der Waals surface area contributed by atoms with Crippen molar-refractivity contribution < 1.29 is 19.5 Å². The number of carbonyl (C=O) groups is 3. The van der Waals surface area contributed by atoms with Gasteiger partial charge in [-0.25, -0.2) is 4.79 Å². The normalized spacial score (nSPS) is 14.3. The van der Waals surface area contributed by atoms with Crippen molar-refractivity contribution in [2.24, 2.45) is 17.4 Å². The first-order valence-electron chi connectivity index (χ1n) is 8.27. The van der Waals surface area contributed by atoms with E-state index in [0.717, 1.165) is 0 Å². The van der Waals surface area contributed by atoms with E-state index >= 15 is 0 Å². The van der Waals surface area contributed by atoms with Gasteiger partial charge in [0.25, 0.3) is 0 Å². The third kappa shape index (κ3) is 8.89. The van der Waals surface area contributed by atoms with Gasteiger partial charge in [-0.05, 0) is 25.2 Å². The fraction of sp³-hybridized carbons (Fsp3) is 0.733. The Morgan fingerprint density at radius 2 is 1.76 bits per heavy atom. The SMILES string of the molecule is CC[C@H](NC(=O)[C@@H](NC(=O)[C@@H](N)CCCNC(=N)N)C(C)C)C(=O)O. The Morgan fingerprint density at radius 3 is 2.20 bits per heavy atom. The van der Waals surface area contributed by atoms with Crippen molar-refractivity contribution in [3.8, 4) is 0 Å². The number of nitrogens with two attached hydrogens (primary N) is 2. The van der Waals surface area contributed by atoms with Crippen LogP contribution < -0.4 is 27.4 Å². The molecule has 2 amide bonds. The van der Waals surface area contributed by atoms with Crippen molar-refractivity contribution in [3.05, 3.63) is 0 Å². The van der Waals surface area contributed by atoms with Crippen LogP contribution in [0.2, 0.25) is 0 Å². The second kappa shape index (κ2) is 11.2. The fourth-order valence-electron chi connectivity index (χ4n) is 2.07. The summed E-state index contributed by atoms with van der Waals surface area (Å²) in [4.78, 5) is 35.5. The Bertz CT molecular complexity index is 483. The first-order chi connectivity index (χ1) is 11.6. The van der Waals surface area contributed by atoms with Crippen LogP contribution in [-0.2, 0) is 14.4 Å². The number of carbonyl (C=O) groups excluding carboxylic acids is 2. The molecule has 0 heterocycles. The van der Waals surface area contributed by atoms with E-state index in [1.165, 1.54) is 0 Å². The molecule has 0 aromatic rings. The summed E-state index contributed by atoms with van der Waals surface area (Å²) < 4.78 is 0. The minimum absolute atomic E-state index is 0.154. The van der Waals surface area contributed by atoms with Crippen LogP contribution >= 0.6 is 0 Å². The highest BCUT2D eigenvalue weighted by Gasteiger charge is 2.29. The van der Waals surface area contributed by atoms with Gasteiger partial charge in [0, 0.05) is 6.54 Å². The molecule has 0 unspecified atom stereocenters. The summed E-state index contributed by atoms with van der Waals surface area (Å²) in [6, 6.07) is -2.69. The van der Waals surface area contributed by atoms with Gasteiger partial charge in [-0.2, -0.15) is 0 Å². The standard InChI is InChI=1S/C15H30N6O4/c1-4-10(14(24)25)20-13(23)11(8(2)3)21-12(22)9(16)6-5-7-19-15(17)18/h8-11H,4-7,16H2,1-3H3,(H,20,23)(H,21,22)(H,24,25)(H4,17,18,19)/t9-,10-,11-/m0/s1. The molecular weight excluding hydrogens is 328 g/mol. The summed E-state index contributed by atoms with van der Waals surface area (Å²) in [5.41, 5.74) is 11.0. The van der Waals surface area contributed by atoms with Crippen LogP contribution in [0.5, 0.6) is 0 Å². The lowest BCUT2D eigenvalue weighted by Gasteiger charge is -2.25. The zero-order chi connectivity index (χ0) is 19.6. The lowest BCUT2D eigenvalue weighted by molar-refractivity contribution is -0.142. The van der Waals surface area contributed by atoms with Crippen LogP contribution in [0.25, 0.3) is 0 Å². The van der Waals surface area contributed by atoms with E-state index in [9.17, 15) is 14.4 Å². The molecule has 0 aliphatic carbocycles. The minimum Gasteiger partial charge on any atom is -0.480 e. The molecule has 9 N–H and O–H groups in total. The molecule has 0 spiro atoms. The first kappa shape index (κ1) is 22.6. The van der Waals surface area contributed by atoms with E-state index in [0.29, 0.717) is 19.4 Å². The third-order valence-corrected chi connectivity index (χ3v) is 3.61. The van der Waals surface area contributed by atoms with Crippen LogP contribution in [0.1, 0.15) is 40.0 Å². The summed E-state index contributed by atoms with van der Waals surface area (Å²) in [7, 11) is 0. The van der Waals surface area contributed by atoms with Crippen LogP contribution in [-0.4, -0.2) is 53.5 Å². The number of amides is 2. The van der Waals surface area contributed by atoms with Crippen LogP contribution in [0.3, 0.4) is 0 Å². The number of carboxylic acids is 1. The Hall–Kier alpha value is -2.36. The highest BCUT2D eigenvalue weighted by atomic mass is 16.4. The number of hydrogen-bond acceptors (Lipinski definition) is 5. The van der Waals surface area contributed by atoms with Gasteiger partial charge in [-0.3, -0.25) is 15.0 Å². The summed E-state index contributed by atoms with van der Waals surface area (Å²) in [5, 5.41) is 23.6. The summed E-state index contributed by atoms with van der Waals surface area (Å²) in [6.07, 6.45) is 1.12. The Kier molecular flexibility index (Phi) is 10.2. The van der Waals surface area contributed by atoms with E-state index in [4.69, 9.17) is 22.0 Å². The van der Waals surface area contributed by atoms with Crippen molar-refractivity contribution >= 4 is 23.7 Å². The second-order valence-corrected chi connectivity index (χ2v) is 6.13. The summed E-state index contributed by atoms with van der Waals surface area (Å²) in [6.45, 7) is 5.55. The molecule has 0 radical (unpaired) electrons. The molecule has 25 heavy (non-hydrogen) atoms. The lowest BCUT2D eigenvalue weighted by atomic mass is 10.0. The molecule has 10 nitrogen and oxygen atoms in total. The number of aliphatic carboxylic acids is 1. The smallest absolute Gasteiger partial charge is 0.326 e.